The van der Waals surface area contributed by atoms with Gasteiger partial charge in [0.15, 0.2) is 0 Å². The zero-order chi connectivity index (χ0) is 19.9. The van der Waals surface area contributed by atoms with Crippen LogP contribution in [0.4, 0.5) is 4.79 Å². The summed E-state index contributed by atoms with van der Waals surface area (Å²) < 4.78 is 11.4. The topological polar surface area (TPSA) is 61.5 Å². The Labute approximate surface area is 161 Å². The Morgan fingerprint density at radius 2 is 1.74 bits per heavy atom. The van der Waals surface area contributed by atoms with Crippen molar-refractivity contribution in [3.63, 3.8) is 0 Å². The predicted octanol–water partition coefficient (Wildman–Crippen LogP) is 5.48. The van der Waals surface area contributed by atoms with E-state index in [0.29, 0.717) is 0 Å². The summed E-state index contributed by atoms with van der Waals surface area (Å²) in [6, 6.07) is 10.7. The van der Waals surface area contributed by atoms with Crippen molar-refractivity contribution in [3.05, 3.63) is 52.6 Å². The van der Waals surface area contributed by atoms with E-state index in [1.165, 1.54) is 11.1 Å². The van der Waals surface area contributed by atoms with Gasteiger partial charge in [-0.1, -0.05) is 32.0 Å². The van der Waals surface area contributed by atoms with Gasteiger partial charge in [0.1, 0.15) is 11.9 Å². The summed E-state index contributed by atoms with van der Waals surface area (Å²) in [5.74, 6) is 0.964. The normalized spacial score (nSPS) is 17.7. The molecule has 0 spiro atoms. The maximum Gasteiger partial charge on any atom is 0.405 e. The molecule has 2 N–H and O–H groups in total. The van der Waals surface area contributed by atoms with Crippen LogP contribution in [0.3, 0.4) is 0 Å². The SMILES string of the molecule is Cc1cc(-c2ccc3c(c2)CC(C)(C)C3OC(N)=O)cc(C)c1OC(C)C. The van der Waals surface area contributed by atoms with Crippen molar-refractivity contribution < 1.29 is 14.3 Å². The van der Waals surface area contributed by atoms with Crippen LogP contribution < -0.4 is 10.5 Å². The number of carbonyl (C=O) groups is 1. The molecule has 1 unspecified atom stereocenters. The quantitative estimate of drug-likeness (QED) is 0.779. The van der Waals surface area contributed by atoms with Gasteiger partial charge in [-0.05, 0) is 79.6 Å². The maximum absolute atomic E-state index is 11.3. The van der Waals surface area contributed by atoms with Gasteiger partial charge in [-0.2, -0.15) is 0 Å². The molecule has 0 saturated carbocycles. The Hall–Kier alpha value is -2.49. The highest BCUT2D eigenvalue weighted by atomic mass is 16.6. The Morgan fingerprint density at radius 1 is 1.11 bits per heavy atom. The number of amides is 1. The molecule has 0 saturated heterocycles. The van der Waals surface area contributed by atoms with Crippen LogP contribution in [0.15, 0.2) is 30.3 Å². The van der Waals surface area contributed by atoms with Crippen LogP contribution in [0.25, 0.3) is 11.1 Å². The van der Waals surface area contributed by atoms with E-state index in [1.807, 2.05) is 13.8 Å². The zero-order valence-corrected chi connectivity index (χ0v) is 17.1. The van der Waals surface area contributed by atoms with Crippen molar-refractivity contribution in [2.75, 3.05) is 0 Å². The zero-order valence-electron chi connectivity index (χ0n) is 17.1. The van der Waals surface area contributed by atoms with Crippen molar-refractivity contribution in [1.82, 2.24) is 0 Å². The minimum atomic E-state index is -0.725. The lowest BCUT2D eigenvalue weighted by atomic mass is 9.87. The fraction of sp³-hybridized carbons (Fsp3) is 0.435. The largest absolute Gasteiger partial charge is 0.490 e. The van der Waals surface area contributed by atoms with E-state index in [0.717, 1.165) is 34.4 Å². The second kappa shape index (κ2) is 6.91. The van der Waals surface area contributed by atoms with E-state index in [9.17, 15) is 4.79 Å². The van der Waals surface area contributed by atoms with Gasteiger partial charge in [-0.3, -0.25) is 0 Å². The maximum atomic E-state index is 11.3. The summed E-state index contributed by atoms with van der Waals surface area (Å²) >= 11 is 0. The predicted molar refractivity (Wildman–Crippen MR) is 108 cm³/mol. The summed E-state index contributed by atoms with van der Waals surface area (Å²) in [5, 5.41) is 0. The first-order valence-corrected chi connectivity index (χ1v) is 9.45. The first-order chi connectivity index (χ1) is 12.6. The minimum Gasteiger partial charge on any atom is -0.490 e. The molecule has 1 atom stereocenters. The van der Waals surface area contributed by atoms with E-state index in [2.05, 4.69) is 58.0 Å². The number of hydrogen-bond acceptors (Lipinski definition) is 3. The first kappa shape index (κ1) is 19.3. The highest BCUT2D eigenvalue weighted by Crippen LogP contribution is 2.48. The third-order valence-corrected chi connectivity index (χ3v) is 5.16. The van der Waals surface area contributed by atoms with Gasteiger partial charge in [-0.15, -0.1) is 0 Å². The van der Waals surface area contributed by atoms with E-state index in [1.54, 1.807) is 0 Å². The number of aryl methyl sites for hydroxylation is 2. The molecule has 2 aromatic carbocycles. The third kappa shape index (κ3) is 3.80. The molecule has 2 aromatic rings. The van der Waals surface area contributed by atoms with E-state index < -0.39 is 6.09 Å². The van der Waals surface area contributed by atoms with E-state index >= 15 is 0 Å². The summed E-state index contributed by atoms with van der Waals surface area (Å²) in [7, 11) is 0. The first-order valence-electron chi connectivity index (χ1n) is 9.45. The Kier molecular flexibility index (Phi) is 4.94. The second-order valence-electron chi connectivity index (χ2n) is 8.50. The van der Waals surface area contributed by atoms with E-state index in [4.69, 9.17) is 15.2 Å². The van der Waals surface area contributed by atoms with Crippen molar-refractivity contribution >= 4 is 6.09 Å². The highest BCUT2D eigenvalue weighted by molar-refractivity contribution is 5.70. The molecule has 0 aliphatic heterocycles. The Bertz CT molecular complexity index is 860. The van der Waals surface area contributed by atoms with E-state index in [-0.39, 0.29) is 17.6 Å². The van der Waals surface area contributed by atoms with Gasteiger partial charge in [0.05, 0.1) is 6.10 Å². The molecule has 0 radical (unpaired) electrons. The molecular weight excluding hydrogens is 338 g/mol. The minimum absolute atomic E-state index is 0.151. The van der Waals surface area contributed by atoms with Crippen molar-refractivity contribution in [2.24, 2.45) is 11.1 Å². The van der Waals surface area contributed by atoms with Gasteiger partial charge >= 0.3 is 6.09 Å². The van der Waals surface area contributed by atoms with Gasteiger partial charge < -0.3 is 15.2 Å². The number of ether oxygens (including phenoxy) is 2. The fourth-order valence-electron chi connectivity index (χ4n) is 4.08. The number of rotatable bonds is 4. The van der Waals surface area contributed by atoms with Gasteiger partial charge in [0.25, 0.3) is 0 Å². The summed E-state index contributed by atoms with van der Waals surface area (Å²) in [4.78, 5) is 11.3. The number of nitrogens with two attached hydrogens (primary N) is 1. The molecule has 0 bridgehead atoms. The lowest BCUT2D eigenvalue weighted by Gasteiger charge is -2.26. The molecule has 3 rings (SSSR count). The number of fused-ring (bicyclic) bond motifs is 1. The standard InChI is InChI=1S/C23H29NO3/c1-13(2)26-20-14(3)9-17(10-15(20)4)16-7-8-19-18(11-16)12-23(5,6)21(19)27-22(24)25/h7-11,13,21H,12H2,1-6H3,(H2,24,25). The van der Waals surface area contributed by atoms with Gasteiger partial charge in [0.2, 0.25) is 0 Å². The average molecular weight is 367 g/mol. The fourth-order valence-corrected chi connectivity index (χ4v) is 4.08. The van der Waals surface area contributed by atoms with Crippen LogP contribution in [-0.4, -0.2) is 12.2 Å². The summed E-state index contributed by atoms with van der Waals surface area (Å²) in [5.41, 5.74) is 12.0. The molecule has 27 heavy (non-hydrogen) atoms. The molecular formula is C23H29NO3. The van der Waals surface area contributed by atoms with Crippen LogP contribution >= 0.6 is 0 Å². The molecule has 0 aromatic heterocycles. The average Bonchev–Trinajstić information content (AvgIpc) is 2.79. The second-order valence-corrected chi connectivity index (χ2v) is 8.50. The highest BCUT2D eigenvalue weighted by Gasteiger charge is 2.41. The Balaban J connectivity index is 1.98. The lowest BCUT2D eigenvalue weighted by molar-refractivity contribution is 0.0392. The molecule has 144 valence electrons. The molecule has 1 amide bonds. The van der Waals surface area contributed by atoms with Crippen LogP contribution in [0.5, 0.6) is 5.75 Å². The molecule has 0 fully saturated rings. The summed E-state index contributed by atoms with van der Waals surface area (Å²) in [6.07, 6.45) is -0.0281. The van der Waals surface area contributed by atoms with Gasteiger partial charge in [0, 0.05) is 5.41 Å². The van der Waals surface area contributed by atoms with Gasteiger partial charge in [-0.25, -0.2) is 4.79 Å². The number of hydrogen-bond donors (Lipinski definition) is 1. The monoisotopic (exact) mass is 367 g/mol. The number of carbonyl (C=O) groups excluding carboxylic acids is 1. The van der Waals surface area contributed by atoms with Crippen LogP contribution in [0, 0.1) is 19.3 Å². The lowest BCUT2D eigenvalue weighted by Crippen LogP contribution is -2.25. The summed E-state index contributed by atoms with van der Waals surface area (Å²) in [6.45, 7) is 12.5. The third-order valence-electron chi connectivity index (χ3n) is 5.16. The molecule has 1 aliphatic carbocycles. The molecule has 0 heterocycles. The van der Waals surface area contributed by atoms with Crippen molar-refractivity contribution in [2.45, 2.75) is 60.2 Å². The number of primary amides is 1. The van der Waals surface area contributed by atoms with Crippen LogP contribution in [-0.2, 0) is 11.2 Å². The Morgan fingerprint density at radius 3 is 2.30 bits per heavy atom. The molecule has 4 nitrogen and oxygen atoms in total. The smallest absolute Gasteiger partial charge is 0.405 e. The van der Waals surface area contributed by atoms with Crippen LogP contribution in [0.2, 0.25) is 0 Å². The van der Waals surface area contributed by atoms with Crippen molar-refractivity contribution in [1.29, 1.82) is 0 Å². The molecule has 1 aliphatic rings. The van der Waals surface area contributed by atoms with Crippen LogP contribution in [0.1, 0.15) is 56.1 Å². The number of benzene rings is 2. The van der Waals surface area contributed by atoms with Crippen molar-refractivity contribution in [3.8, 4) is 16.9 Å². The molecule has 4 heteroatoms.